The SMILES string of the molecule is CCCCOC1=CC(C(=O)NCc2ccccc2)C(N)=NN1c1ccccc1. The number of hydrazone groups is 1. The van der Waals surface area contributed by atoms with Crippen molar-refractivity contribution < 1.29 is 9.53 Å². The van der Waals surface area contributed by atoms with Gasteiger partial charge in [-0.25, -0.2) is 0 Å². The molecule has 2 aromatic carbocycles. The molecule has 6 nitrogen and oxygen atoms in total. The molecule has 1 atom stereocenters. The molecule has 0 aromatic heterocycles. The number of amides is 1. The Morgan fingerprint density at radius 2 is 1.82 bits per heavy atom. The third-order valence-corrected chi connectivity index (χ3v) is 4.39. The quantitative estimate of drug-likeness (QED) is 0.690. The van der Waals surface area contributed by atoms with E-state index >= 15 is 0 Å². The summed E-state index contributed by atoms with van der Waals surface area (Å²) in [5.74, 6) is -0.110. The van der Waals surface area contributed by atoms with Crippen molar-refractivity contribution in [3.63, 3.8) is 0 Å². The zero-order chi connectivity index (χ0) is 19.8. The molecule has 1 heterocycles. The zero-order valence-corrected chi connectivity index (χ0v) is 16.0. The fraction of sp³-hybridized carbons (Fsp3) is 0.273. The zero-order valence-electron chi connectivity index (χ0n) is 16.0. The molecule has 146 valence electrons. The molecule has 28 heavy (non-hydrogen) atoms. The van der Waals surface area contributed by atoms with Crippen molar-refractivity contribution in [3.05, 3.63) is 78.2 Å². The molecule has 0 bridgehead atoms. The highest BCUT2D eigenvalue weighted by Crippen LogP contribution is 2.25. The molecule has 1 amide bonds. The molecule has 0 saturated heterocycles. The van der Waals surface area contributed by atoms with Crippen LogP contribution in [0.4, 0.5) is 5.69 Å². The summed E-state index contributed by atoms with van der Waals surface area (Å²) < 4.78 is 5.93. The Hall–Kier alpha value is -3.28. The lowest BCUT2D eigenvalue weighted by Crippen LogP contribution is -2.42. The number of nitrogens with two attached hydrogens (primary N) is 1. The van der Waals surface area contributed by atoms with E-state index in [0.717, 1.165) is 24.1 Å². The molecule has 6 heteroatoms. The third kappa shape index (κ3) is 4.91. The smallest absolute Gasteiger partial charge is 0.235 e. The molecule has 1 aliphatic heterocycles. The minimum atomic E-state index is -0.666. The highest BCUT2D eigenvalue weighted by Gasteiger charge is 2.29. The molecule has 2 aromatic rings. The Bertz CT molecular complexity index is 834. The number of carbonyl (C=O) groups excluding carboxylic acids is 1. The van der Waals surface area contributed by atoms with Gasteiger partial charge in [0.2, 0.25) is 11.8 Å². The number of amidine groups is 1. The van der Waals surface area contributed by atoms with Crippen LogP contribution in [0.15, 0.2) is 77.7 Å². The Morgan fingerprint density at radius 3 is 2.50 bits per heavy atom. The summed E-state index contributed by atoms with van der Waals surface area (Å²) in [5.41, 5.74) is 8.00. The van der Waals surface area contributed by atoms with E-state index < -0.39 is 5.92 Å². The number of ether oxygens (including phenoxy) is 1. The molecule has 3 rings (SSSR count). The van der Waals surface area contributed by atoms with Gasteiger partial charge in [0, 0.05) is 6.54 Å². The van der Waals surface area contributed by atoms with Crippen molar-refractivity contribution in [2.75, 3.05) is 11.6 Å². The van der Waals surface area contributed by atoms with Gasteiger partial charge < -0.3 is 15.8 Å². The lowest BCUT2D eigenvalue weighted by molar-refractivity contribution is -0.122. The number of nitrogens with zero attached hydrogens (tertiary/aromatic N) is 2. The van der Waals surface area contributed by atoms with Gasteiger partial charge in [-0.15, -0.1) is 0 Å². The first-order valence-corrected chi connectivity index (χ1v) is 9.54. The van der Waals surface area contributed by atoms with E-state index in [4.69, 9.17) is 10.5 Å². The lowest BCUT2D eigenvalue weighted by Gasteiger charge is -2.28. The summed E-state index contributed by atoms with van der Waals surface area (Å²) in [4.78, 5) is 12.7. The van der Waals surface area contributed by atoms with Gasteiger partial charge in [0.15, 0.2) is 0 Å². The van der Waals surface area contributed by atoms with Gasteiger partial charge in [-0.3, -0.25) is 4.79 Å². The first kappa shape index (κ1) is 19.5. The predicted molar refractivity (Wildman–Crippen MR) is 111 cm³/mol. The van der Waals surface area contributed by atoms with Crippen LogP contribution >= 0.6 is 0 Å². The number of hydrogen-bond donors (Lipinski definition) is 2. The largest absolute Gasteiger partial charge is 0.478 e. The summed E-state index contributed by atoms with van der Waals surface area (Å²) in [6, 6.07) is 19.4. The van der Waals surface area contributed by atoms with E-state index in [0.29, 0.717) is 19.0 Å². The van der Waals surface area contributed by atoms with Crippen molar-refractivity contribution in [2.45, 2.75) is 26.3 Å². The second kappa shape index (κ2) is 9.60. The second-order valence-corrected chi connectivity index (χ2v) is 6.56. The van der Waals surface area contributed by atoms with Crippen molar-refractivity contribution in [2.24, 2.45) is 16.8 Å². The fourth-order valence-electron chi connectivity index (χ4n) is 2.82. The molecular weight excluding hydrogens is 352 g/mol. The van der Waals surface area contributed by atoms with E-state index in [1.165, 1.54) is 0 Å². The normalized spacial score (nSPS) is 16.2. The van der Waals surface area contributed by atoms with Gasteiger partial charge in [-0.2, -0.15) is 10.1 Å². The number of hydrogen-bond acceptors (Lipinski definition) is 5. The van der Waals surface area contributed by atoms with E-state index in [1.54, 1.807) is 11.1 Å². The molecule has 1 unspecified atom stereocenters. The van der Waals surface area contributed by atoms with Gasteiger partial charge in [0.1, 0.15) is 11.8 Å². The van der Waals surface area contributed by atoms with E-state index in [1.807, 2.05) is 60.7 Å². The van der Waals surface area contributed by atoms with Crippen LogP contribution in [0.3, 0.4) is 0 Å². The van der Waals surface area contributed by atoms with Gasteiger partial charge >= 0.3 is 0 Å². The predicted octanol–water partition coefficient (Wildman–Crippen LogP) is 3.37. The molecule has 0 saturated carbocycles. The maximum Gasteiger partial charge on any atom is 0.235 e. The van der Waals surface area contributed by atoms with Crippen LogP contribution in [0.1, 0.15) is 25.3 Å². The third-order valence-electron chi connectivity index (χ3n) is 4.39. The van der Waals surface area contributed by atoms with E-state index in [-0.39, 0.29) is 11.7 Å². The number of anilines is 1. The van der Waals surface area contributed by atoms with Crippen molar-refractivity contribution >= 4 is 17.4 Å². The Kier molecular flexibility index (Phi) is 6.68. The highest BCUT2D eigenvalue weighted by molar-refractivity contribution is 6.05. The number of benzene rings is 2. The van der Waals surface area contributed by atoms with Crippen molar-refractivity contribution in [1.29, 1.82) is 0 Å². The molecule has 3 N–H and O–H groups in total. The maximum atomic E-state index is 12.7. The van der Waals surface area contributed by atoms with Crippen molar-refractivity contribution in [3.8, 4) is 0 Å². The maximum absolute atomic E-state index is 12.7. The standard InChI is InChI=1S/C22H26N4O2/c1-2-3-14-28-20-15-19(22(27)24-16-17-10-6-4-7-11-17)21(23)25-26(20)18-12-8-5-9-13-18/h4-13,15,19H,2-3,14,16H2,1H3,(H2,23,25)(H,24,27). The summed E-state index contributed by atoms with van der Waals surface area (Å²) in [5, 5.41) is 9.01. The number of carbonyl (C=O) groups is 1. The first-order chi connectivity index (χ1) is 13.7. The van der Waals surface area contributed by atoms with Crippen LogP contribution in [0.25, 0.3) is 0 Å². The lowest BCUT2D eigenvalue weighted by atomic mass is 10.1. The molecule has 1 aliphatic rings. The number of unbranched alkanes of at least 4 members (excludes halogenated alkanes) is 1. The van der Waals surface area contributed by atoms with Gasteiger partial charge in [0.05, 0.1) is 12.3 Å². The first-order valence-electron chi connectivity index (χ1n) is 9.54. The highest BCUT2D eigenvalue weighted by atomic mass is 16.5. The summed E-state index contributed by atoms with van der Waals surface area (Å²) in [6.07, 6.45) is 3.68. The molecule has 0 aliphatic carbocycles. The number of nitrogens with one attached hydrogen (secondary N) is 1. The Labute approximate surface area is 165 Å². The Balaban J connectivity index is 1.76. The monoisotopic (exact) mass is 378 g/mol. The average molecular weight is 378 g/mol. The van der Waals surface area contributed by atoms with Gasteiger partial charge in [-0.1, -0.05) is 61.9 Å². The summed E-state index contributed by atoms with van der Waals surface area (Å²) >= 11 is 0. The van der Waals surface area contributed by atoms with Crippen LogP contribution in [0.2, 0.25) is 0 Å². The second-order valence-electron chi connectivity index (χ2n) is 6.56. The Morgan fingerprint density at radius 1 is 1.14 bits per heavy atom. The minimum Gasteiger partial charge on any atom is -0.478 e. The fourth-order valence-corrected chi connectivity index (χ4v) is 2.82. The van der Waals surface area contributed by atoms with E-state index in [9.17, 15) is 4.79 Å². The van der Waals surface area contributed by atoms with Crippen molar-refractivity contribution in [1.82, 2.24) is 5.32 Å². The molecule has 0 radical (unpaired) electrons. The summed E-state index contributed by atoms with van der Waals surface area (Å²) in [6.45, 7) is 3.09. The van der Waals surface area contributed by atoms with Crippen LogP contribution in [0, 0.1) is 5.92 Å². The number of rotatable bonds is 8. The van der Waals surface area contributed by atoms with Crippen LogP contribution in [-0.4, -0.2) is 18.3 Å². The molecule has 0 spiro atoms. The topological polar surface area (TPSA) is 79.9 Å². The minimum absolute atomic E-state index is 0.200. The molecular formula is C22H26N4O2. The summed E-state index contributed by atoms with van der Waals surface area (Å²) in [7, 11) is 0. The van der Waals surface area contributed by atoms with Crippen LogP contribution in [0.5, 0.6) is 0 Å². The number of para-hydroxylation sites is 1. The van der Waals surface area contributed by atoms with Gasteiger partial charge in [-0.05, 0) is 30.2 Å². The van der Waals surface area contributed by atoms with Crippen LogP contribution in [-0.2, 0) is 16.1 Å². The average Bonchev–Trinajstić information content (AvgIpc) is 2.74. The van der Waals surface area contributed by atoms with Crippen LogP contribution < -0.4 is 16.1 Å². The van der Waals surface area contributed by atoms with E-state index in [2.05, 4.69) is 17.3 Å². The molecule has 0 fully saturated rings. The van der Waals surface area contributed by atoms with Gasteiger partial charge in [0.25, 0.3) is 0 Å².